The van der Waals surface area contributed by atoms with Gasteiger partial charge in [-0.2, -0.15) is 0 Å². The third-order valence-corrected chi connectivity index (χ3v) is 7.95. The maximum absolute atomic E-state index is 12.8. The lowest BCUT2D eigenvalue weighted by Gasteiger charge is -2.16. The molecule has 0 atom stereocenters. The minimum atomic E-state index is -3.77. The van der Waals surface area contributed by atoms with E-state index in [1.54, 1.807) is 61.5 Å². The molecule has 1 aliphatic heterocycles. The lowest BCUT2D eigenvalue weighted by Crippen LogP contribution is -2.27. The minimum Gasteiger partial charge on any atom is -0.322 e. The Hall–Kier alpha value is -3.37. The van der Waals surface area contributed by atoms with Gasteiger partial charge in [-0.05, 0) is 66.9 Å². The van der Waals surface area contributed by atoms with Crippen LogP contribution >= 0.6 is 0 Å². The monoisotopic (exact) mass is 485 g/mol. The second-order valence-corrected chi connectivity index (χ2v) is 11.4. The zero-order chi connectivity index (χ0) is 23.8. The van der Waals surface area contributed by atoms with Crippen molar-refractivity contribution in [2.24, 2.45) is 0 Å². The number of carbonyl (C=O) groups excluding carboxylic acids is 1. The smallest absolute Gasteiger partial charge is 0.261 e. The summed E-state index contributed by atoms with van der Waals surface area (Å²) >= 11 is 0. The van der Waals surface area contributed by atoms with Crippen LogP contribution in [0, 0.1) is 6.92 Å². The van der Waals surface area contributed by atoms with Gasteiger partial charge in [0.05, 0.1) is 22.5 Å². The van der Waals surface area contributed by atoms with E-state index in [1.807, 2.05) is 0 Å². The second-order valence-electron chi connectivity index (χ2n) is 7.83. The van der Waals surface area contributed by atoms with Crippen LogP contribution in [0.4, 0.5) is 17.1 Å². The summed E-state index contributed by atoms with van der Waals surface area (Å²) in [6, 6.07) is 17.9. The van der Waals surface area contributed by atoms with Crippen LogP contribution < -0.4 is 14.3 Å². The predicted molar refractivity (Wildman–Crippen MR) is 129 cm³/mol. The molecule has 4 rings (SSSR count). The molecule has 2 N–H and O–H groups in total. The number of aryl methyl sites for hydroxylation is 1. The Morgan fingerprint density at radius 2 is 1.67 bits per heavy atom. The first-order valence-corrected chi connectivity index (χ1v) is 13.5. The van der Waals surface area contributed by atoms with E-state index < -0.39 is 20.0 Å². The Morgan fingerprint density at radius 3 is 2.36 bits per heavy atom. The SMILES string of the molecule is Cc1ccc(NC(=O)c2ccc3c(c2)CCN3S(C)(=O)=O)cc1NS(=O)(=O)c1ccccc1. The van der Waals surface area contributed by atoms with E-state index >= 15 is 0 Å². The fraction of sp³-hybridized carbons (Fsp3) is 0.174. The molecule has 0 saturated heterocycles. The van der Waals surface area contributed by atoms with Crippen LogP contribution in [0.2, 0.25) is 0 Å². The lowest BCUT2D eigenvalue weighted by molar-refractivity contribution is 0.102. The third-order valence-electron chi connectivity index (χ3n) is 5.39. The summed E-state index contributed by atoms with van der Waals surface area (Å²) in [4.78, 5) is 13.0. The molecule has 1 heterocycles. The van der Waals surface area contributed by atoms with Crippen LogP contribution in [0.3, 0.4) is 0 Å². The van der Waals surface area contributed by atoms with Crippen molar-refractivity contribution in [2.45, 2.75) is 18.2 Å². The summed E-state index contributed by atoms with van der Waals surface area (Å²) in [7, 11) is -7.14. The van der Waals surface area contributed by atoms with E-state index in [-0.39, 0.29) is 10.8 Å². The number of amides is 1. The minimum absolute atomic E-state index is 0.139. The van der Waals surface area contributed by atoms with Crippen molar-refractivity contribution in [3.63, 3.8) is 0 Å². The van der Waals surface area contributed by atoms with Crippen molar-refractivity contribution in [1.29, 1.82) is 0 Å². The molecule has 8 nitrogen and oxygen atoms in total. The van der Waals surface area contributed by atoms with E-state index in [4.69, 9.17) is 0 Å². The van der Waals surface area contributed by atoms with Crippen molar-refractivity contribution in [1.82, 2.24) is 0 Å². The largest absolute Gasteiger partial charge is 0.322 e. The molecule has 0 spiro atoms. The number of benzene rings is 3. The van der Waals surface area contributed by atoms with Crippen molar-refractivity contribution in [3.05, 3.63) is 83.4 Å². The summed E-state index contributed by atoms with van der Waals surface area (Å²) < 4.78 is 53.0. The molecule has 0 radical (unpaired) electrons. The number of nitrogens with zero attached hydrogens (tertiary/aromatic N) is 1. The highest BCUT2D eigenvalue weighted by Gasteiger charge is 2.26. The number of nitrogens with one attached hydrogen (secondary N) is 2. The molecular weight excluding hydrogens is 462 g/mol. The van der Waals surface area contributed by atoms with Crippen molar-refractivity contribution in [3.8, 4) is 0 Å². The Bertz CT molecular complexity index is 1440. The zero-order valence-corrected chi connectivity index (χ0v) is 19.7. The van der Waals surface area contributed by atoms with Gasteiger partial charge in [-0.1, -0.05) is 24.3 Å². The average Bonchev–Trinajstić information content (AvgIpc) is 3.20. The number of anilines is 3. The highest BCUT2D eigenvalue weighted by Crippen LogP contribution is 2.31. The van der Waals surface area contributed by atoms with Crippen LogP contribution in [-0.4, -0.2) is 35.5 Å². The van der Waals surface area contributed by atoms with Crippen LogP contribution in [0.25, 0.3) is 0 Å². The van der Waals surface area contributed by atoms with Crippen LogP contribution in [-0.2, 0) is 26.5 Å². The molecule has 0 aliphatic carbocycles. The van der Waals surface area contributed by atoms with Gasteiger partial charge in [-0.3, -0.25) is 13.8 Å². The molecule has 0 aromatic heterocycles. The summed E-state index contributed by atoms with van der Waals surface area (Å²) in [5, 5.41) is 2.78. The number of hydrogen-bond acceptors (Lipinski definition) is 5. The standard InChI is InChI=1S/C23H23N3O5S2/c1-16-8-10-19(15-21(16)25-33(30,31)20-6-4-3-5-7-20)24-23(27)18-9-11-22-17(14-18)12-13-26(22)32(2,28)29/h3-11,14-15,25H,12-13H2,1-2H3,(H,24,27). The van der Waals surface area contributed by atoms with E-state index in [0.717, 1.165) is 11.8 Å². The van der Waals surface area contributed by atoms with Gasteiger partial charge >= 0.3 is 0 Å². The Labute approximate surface area is 193 Å². The molecule has 1 aliphatic rings. The van der Waals surface area contributed by atoms with E-state index in [1.165, 1.54) is 16.4 Å². The molecule has 0 bridgehead atoms. The molecule has 33 heavy (non-hydrogen) atoms. The number of hydrogen-bond donors (Lipinski definition) is 2. The Balaban J connectivity index is 1.54. The quantitative estimate of drug-likeness (QED) is 0.556. The Morgan fingerprint density at radius 1 is 0.939 bits per heavy atom. The molecule has 1 amide bonds. The van der Waals surface area contributed by atoms with Crippen molar-refractivity contribution < 1.29 is 21.6 Å². The normalized spacial score (nSPS) is 13.5. The fourth-order valence-electron chi connectivity index (χ4n) is 3.67. The van der Waals surface area contributed by atoms with Crippen molar-refractivity contribution in [2.75, 3.05) is 27.1 Å². The third kappa shape index (κ3) is 4.86. The molecule has 0 fully saturated rings. The molecule has 0 unspecified atom stereocenters. The van der Waals surface area contributed by atoms with E-state index in [2.05, 4.69) is 10.0 Å². The number of rotatable bonds is 6. The topological polar surface area (TPSA) is 113 Å². The number of carbonyl (C=O) groups is 1. The highest BCUT2D eigenvalue weighted by atomic mass is 32.2. The zero-order valence-electron chi connectivity index (χ0n) is 18.1. The molecular formula is C23H23N3O5S2. The highest BCUT2D eigenvalue weighted by molar-refractivity contribution is 7.92. The lowest BCUT2D eigenvalue weighted by atomic mass is 10.1. The maximum Gasteiger partial charge on any atom is 0.261 e. The molecule has 172 valence electrons. The molecule has 0 saturated carbocycles. The number of fused-ring (bicyclic) bond motifs is 1. The predicted octanol–water partition coefficient (Wildman–Crippen LogP) is 3.37. The van der Waals surface area contributed by atoms with Gasteiger partial charge < -0.3 is 5.32 Å². The van der Waals surface area contributed by atoms with Crippen molar-refractivity contribution >= 4 is 43.0 Å². The molecule has 10 heteroatoms. The fourth-order valence-corrected chi connectivity index (χ4v) is 5.77. The van der Waals surface area contributed by atoms with E-state index in [0.29, 0.717) is 41.2 Å². The Kier molecular flexibility index (Phi) is 5.89. The van der Waals surface area contributed by atoms with Crippen LogP contribution in [0.15, 0.2) is 71.6 Å². The van der Waals surface area contributed by atoms with Gasteiger partial charge in [-0.15, -0.1) is 0 Å². The van der Waals surface area contributed by atoms with E-state index in [9.17, 15) is 21.6 Å². The van der Waals surface area contributed by atoms with Gasteiger partial charge in [0.2, 0.25) is 10.0 Å². The maximum atomic E-state index is 12.8. The molecule has 3 aromatic rings. The summed E-state index contributed by atoms with van der Waals surface area (Å²) in [5.41, 5.74) is 3.24. The molecule has 3 aromatic carbocycles. The van der Waals surface area contributed by atoms with Gasteiger partial charge in [0.1, 0.15) is 0 Å². The first-order chi connectivity index (χ1) is 15.5. The summed E-state index contributed by atoms with van der Waals surface area (Å²) in [6.07, 6.45) is 1.68. The van der Waals surface area contributed by atoms with Gasteiger partial charge in [-0.25, -0.2) is 16.8 Å². The van der Waals surface area contributed by atoms with Gasteiger partial charge in [0.25, 0.3) is 15.9 Å². The average molecular weight is 486 g/mol. The second kappa shape index (κ2) is 8.53. The van der Waals surface area contributed by atoms with Gasteiger partial charge in [0, 0.05) is 17.8 Å². The van der Waals surface area contributed by atoms with Crippen LogP contribution in [0.5, 0.6) is 0 Å². The first kappa shape index (κ1) is 22.8. The summed E-state index contributed by atoms with van der Waals surface area (Å²) in [5.74, 6) is -0.378. The van der Waals surface area contributed by atoms with Gasteiger partial charge in [0.15, 0.2) is 0 Å². The number of sulfonamides is 2. The summed E-state index contributed by atoms with van der Waals surface area (Å²) in [6.45, 7) is 2.12. The first-order valence-electron chi connectivity index (χ1n) is 10.2. The van der Waals surface area contributed by atoms with Crippen LogP contribution in [0.1, 0.15) is 21.5 Å².